The topological polar surface area (TPSA) is 49.4 Å². The van der Waals surface area contributed by atoms with Crippen molar-refractivity contribution in [2.45, 2.75) is 19.5 Å². The summed E-state index contributed by atoms with van der Waals surface area (Å²) in [6, 6.07) is 5.01. The summed E-state index contributed by atoms with van der Waals surface area (Å²) in [5.41, 5.74) is 0.829. The summed E-state index contributed by atoms with van der Waals surface area (Å²) in [5.74, 6) is -0.232. The molecule has 1 fully saturated rings. The van der Waals surface area contributed by atoms with Crippen LogP contribution in [0.2, 0.25) is 5.02 Å². The lowest BCUT2D eigenvalue weighted by atomic mass is 10.1. The van der Waals surface area contributed by atoms with Gasteiger partial charge in [0.1, 0.15) is 6.04 Å². The molecule has 2 amide bonds. The molecule has 0 bridgehead atoms. The minimum Gasteiger partial charge on any atom is -0.343 e. The van der Waals surface area contributed by atoms with Gasteiger partial charge in [0.15, 0.2) is 0 Å². The van der Waals surface area contributed by atoms with Gasteiger partial charge in [0.05, 0.1) is 6.54 Å². The van der Waals surface area contributed by atoms with Crippen LogP contribution in [0.5, 0.6) is 0 Å². The molecule has 1 N–H and O–H groups in total. The lowest BCUT2D eigenvalue weighted by Gasteiger charge is -2.31. The maximum atomic E-state index is 11.9. The van der Waals surface area contributed by atoms with Gasteiger partial charge in [-0.3, -0.25) is 9.59 Å². The first kappa shape index (κ1) is 13.4. The Bertz CT molecular complexity index is 507. The van der Waals surface area contributed by atoms with E-state index < -0.39 is 6.04 Å². The Morgan fingerprint density at radius 1 is 1.50 bits per heavy atom. The molecule has 1 unspecified atom stereocenters. The zero-order valence-electron chi connectivity index (χ0n) is 9.74. The van der Waals surface area contributed by atoms with Gasteiger partial charge in [-0.15, -0.1) is 0 Å². The number of hydrogen-bond acceptors (Lipinski definition) is 2. The SMILES string of the molecule is CC1NC(=O)CN(Cc2ccc(Br)cc2Cl)C1=O. The van der Waals surface area contributed by atoms with Crippen LogP contribution in [-0.2, 0) is 16.1 Å². The minimum atomic E-state index is -0.472. The Morgan fingerprint density at radius 3 is 2.89 bits per heavy atom. The first-order valence-corrected chi connectivity index (χ1v) is 6.66. The smallest absolute Gasteiger partial charge is 0.245 e. The van der Waals surface area contributed by atoms with Gasteiger partial charge in [-0.1, -0.05) is 33.6 Å². The van der Waals surface area contributed by atoms with Gasteiger partial charge in [0, 0.05) is 16.0 Å². The van der Waals surface area contributed by atoms with Crippen LogP contribution in [0.15, 0.2) is 22.7 Å². The van der Waals surface area contributed by atoms with Crippen molar-refractivity contribution in [2.24, 2.45) is 0 Å². The molecule has 1 heterocycles. The molecule has 18 heavy (non-hydrogen) atoms. The molecule has 1 atom stereocenters. The molecule has 0 saturated carbocycles. The quantitative estimate of drug-likeness (QED) is 0.900. The van der Waals surface area contributed by atoms with Crippen LogP contribution in [0.25, 0.3) is 0 Å². The van der Waals surface area contributed by atoms with Crippen molar-refractivity contribution >= 4 is 39.3 Å². The van der Waals surface area contributed by atoms with E-state index in [-0.39, 0.29) is 18.4 Å². The first-order valence-electron chi connectivity index (χ1n) is 5.49. The van der Waals surface area contributed by atoms with Crippen molar-refractivity contribution < 1.29 is 9.59 Å². The predicted octanol–water partition coefficient (Wildman–Crippen LogP) is 1.95. The van der Waals surface area contributed by atoms with Crippen LogP contribution in [0.4, 0.5) is 0 Å². The van der Waals surface area contributed by atoms with Gasteiger partial charge in [-0.25, -0.2) is 0 Å². The molecule has 1 aliphatic rings. The molecule has 6 heteroatoms. The molecule has 4 nitrogen and oxygen atoms in total. The molecule has 96 valence electrons. The van der Waals surface area contributed by atoms with Gasteiger partial charge < -0.3 is 10.2 Å². The summed E-state index contributed by atoms with van der Waals surface area (Å²) < 4.78 is 0.882. The second-order valence-corrected chi connectivity index (χ2v) is 5.54. The van der Waals surface area contributed by atoms with E-state index in [0.29, 0.717) is 11.6 Å². The second-order valence-electron chi connectivity index (χ2n) is 4.22. The molecule has 1 aliphatic heterocycles. The van der Waals surface area contributed by atoms with Crippen molar-refractivity contribution in [1.29, 1.82) is 0 Å². The Hall–Kier alpha value is -1.07. The van der Waals surface area contributed by atoms with Gasteiger partial charge >= 0.3 is 0 Å². The van der Waals surface area contributed by atoms with Crippen LogP contribution in [0, 0.1) is 0 Å². The van der Waals surface area contributed by atoms with E-state index in [2.05, 4.69) is 21.2 Å². The Balaban J connectivity index is 2.17. The lowest BCUT2D eigenvalue weighted by molar-refractivity contribution is -0.144. The summed E-state index contributed by atoms with van der Waals surface area (Å²) in [5, 5.41) is 3.18. The van der Waals surface area contributed by atoms with Crippen LogP contribution >= 0.6 is 27.5 Å². The summed E-state index contributed by atoms with van der Waals surface area (Å²) in [6.45, 7) is 2.11. The highest BCUT2D eigenvalue weighted by Gasteiger charge is 2.29. The van der Waals surface area contributed by atoms with E-state index in [1.54, 1.807) is 13.0 Å². The van der Waals surface area contributed by atoms with E-state index in [9.17, 15) is 9.59 Å². The fraction of sp³-hybridized carbons (Fsp3) is 0.333. The average Bonchev–Trinajstić information content (AvgIpc) is 2.29. The third-order valence-corrected chi connectivity index (χ3v) is 3.62. The van der Waals surface area contributed by atoms with Crippen molar-refractivity contribution in [1.82, 2.24) is 10.2 Å². The predicted molar refractivity (Wildman–Crippen MR) is 72.2 cm³/mol. The molecule has 1 aromatic carbocycles. The van der Waals surface area contributed by atoms with Crippen molar-refractivity contribution in [3.63, 3.8) is 0 Å². The third kappa shape index (κ3) is 2.84. The van der Waals surface area contributed by atoms with Gasteiger partial charge in [0.25, 0.3) is 0 Å². The lowest BCUT2D eigenvalue weighted by Crippen LogP contribution is -2.56. The molecular formula is C12H12BrClN2O2. The summed E-state index contributed by atoms with van der Waals surface area (Å²) >= 11 is 9.42. The monoisotopic (exact) mass is 330 g/mol. The number of carbonyl (C=O) groups is 2. The normalized spacial score (nSPS) is 19.9. The van der Waals surface area contributed by atoms with Crippen LogP contribution in [0.1, 0.15) is 12.5 Å². The molecular weight excluding hydrogens is 320 g/mol. The molecule has 1 aromatic rings. The van der Waals surface area contributed by atoms with E-state index in [1.165, 1.54) is 4.90 Å². The number of rotatable bonds is 2. The number of nitrogens with zero attached hydrogens (tertiary/aromatic N) is 1. The van der Waals surface area contributed by atoms with Crippen molar-refractivity contribution in [2.75, 3.05) is 6.54 Å². The Kier molecular flexibility index (Phi) is 3.92. The number of hydrogen-bond donors (Lipinski definition) is 1. The minimum absolute atomic E-state index is 0.0789. The third-order valence-electron chi connectivity index (χ3n) is 2.77. The summed E-state index contributed by atoms with van der Waals surface area (Å²) in [7, 11) is 0. The zero-order chi connectivity index (χ0) is 13.3. The van der Waals surface area contributed by atoms with Crippen LogP contribution in [-0.4, -0.2) is 29.3 Å². The number of nitrogens with one attached hydrogen (secondary N) is 1. The Morgan fingerprint density at radius 2 is 2.22 bits per heavy atom. The Labute approximate surface area is 118 Å². The molecule has 0 aromatic heterocycles. The molecule has 0 aliphatic carbocycles. The summed E-state index contributed by atoms with van der Waals surface area (Å²) in [4.78, 5) is 24.8. The number of amides is 2. The zero-order valence-corrected chi connectivity index (χ0v) is 12.1. The average molecular weight is 332 g/mol. The van der Waals surface area contributed by atoms with Crippen molar-refractivity contribution in [3.8, 4) is 0 Å². The standard InChI is InChI=1S/C12H12BrClN2O2/c1-7-12(18)16(6-11(17)15-7)5-8-2-3-9(13)4-10(8)14/h2-4,7H,5-6H2,1H3,(H,15,17). The van der Waals surface area contributed by atoms with Gasteiger partial charge in [-0.2, -0.15) is 0 Å². The van der Waals surface area contributed by atoms with Crippen LogP contribution in [0.3, 0.4) is 0 Å². The molecule has 0 radical (unpaired) electrons. The molecule has 0 spiro atoms. The molecule has 2 rings (SSSR count). The summed E-state index contributed by atoms with van der Waals surface area (Å²) in [6.07, 6.45) is 0. The van der Waals surface area contributed by atoms with E-state index in [1.807, 2.05) is 12.1 Å². The number of halogens is 2. The fourth-order valence-corrected chi connectivity index (χ4v) is 2.60. The maximum Gasteiger partial charge on any atom is 0.245 e. The van der Waals surface area contributed by atoms with E-state index >= 15 is 0 Å². The van der Waals surface area contributed by atoms with Crippen LogP contribution < -0.4 is 5.32 Å². The number of benzene rings is 1. The highest BCUT2D eigenvalue weighted by atomic mass is 79.9. The van der Waals surface area contributed by atoms with Gasteiger partial charge in [-0.05, 0) is 24.6 Å². The second kappa shape index (κ2) is 5.28. The van der Waals surface area contributed by atoms with Crippen molar-refractivity contribution in [3.05, 3.63) is 33.3 Å². The fourth-order valence-electron chi connectivity index (χ4n) is 1.86. The first-order chi connectivity index (χ1) is 8.47. The maximum absolute atomic E-state index is 11.9. The highest BCUT2D eigenvalue weighted by Crippen LogP contribution is 2.23. The van der Waals surface area contributed by atoms with Gasteiger partial charge in [0.2, 0.25) is 11.8 Å². The highest BCUT2D eigenvalue weighted by molar-refractivity contribution is 9.10. The number of piperazine rings is 1. The van der Waals surface area contributed by atoms with E-state index in [0.717, 1.165) is 10.0 Å². The molecule has 1 saturated heterocycles. The largest absolute Gasteiger partial charge is 0.343 e. The number of carbonyl (C=O) groups excluding carboxylic acids is 2. The van der Waals surface area contributed by atoms with E-state index in [4.69, 9.17) is 11.6 Å².